The molecule has 1 aliphatic rings. The van der Waals surface area contributed by atoms with Crippen LogP contribution in [0, 0.1) is 0 Å². The molecule has 1 aromatic carbocycles. The maximum atomic E-state index is 12.0. The zero-order valence-electron chi connectivity index (χ0n) is 11.2. The summed E-state index contributed by atoms with van der Waals surface area (Å²) in [4.78, 5) is 14.4. The Morgan fingerprint density at radius 2 is 2.17 bits per heavy atom. The van der Waals surface area contributed by atoms with Crippen LogP contribution in [0.1, 0.15) is 37.0 Å². The molecule has 1 aromatic rings. The maximum Gasteiger partial charge on any atom is 0.164 e. The normalized spacial score (nSPS) is 19.9. The Balaban J connectivity index is 2.24. The minimum atomic E-state index is 0.247. The number of hydrogen-bond acceptors (Lipinski definition) is 3. The van der Waals surface area contributed by atoms with E-state index >= 15 is 0 Å². The van der Waals surface area contributed by atoms with Crippen molar-refractivity contribution in [3.8, 4) is 0 Å². The van der Waals surface area contributed by atoms with E-state index in [1.54, 1.807) is 0 Å². The number of thioether (sulfide) groups is 1. The number of ketones is 1. The molecule has 0 aliphatic carbocycles. The number of benzene rings is 1. The van der Waals surface area contributed by atoms with Gasteiger partial charge in [0.1, 0.15) is 0 Å². The first-order valence-corrected chi connectivity index (χ1v) is 7.79. The molecule has 0 aromatic heterocycles. The number of hydrogen-bond donors (Lipinski definition) is 0. The monoisotopic (exact) mass is 263 g/mol. The van der Waals surface area contributed by atoms with Gasteiger partial charge in [-0.15, -0.1) is 0 Å². The molecule has 1 fully saturated rings. The third-order valence-electron chi connectivity index (χ3n) is 3.46. The average Bonchev–Trinajstić information content (AvgIpc) is 2.46. The van der Waals surface area contributed by atoms with E-state index in [9.17, 15) is 4.79 Å². The second-order valence-electron chi connectivity index (χ2n) is 4.64. The smallest absolute Gasteiger partial charge is 0.164 e. The van der Waals surface area contributed by atoms with Crippen molar-refractivity contribution in [2.75, 3.05) is 23.7 Å². The molecule has 3 heteroatoms. The van der Waals surface area contributed by atoms with Crippen molar-refractivity contribution in [3.63, 3.8) is 0 Å². The van der Waals surface area contributed by atoms with Gasteiger partial charge in [-0.1, -0.05) is 26.0 Å². The van der Waals surface area contributed by atoms with E-state index in [4.69, 9.17) is 0 Å². The van der Waals surface area contributed by atoms with Gasteiger partial charge in [0.2, 0.25) is 0 Å². The topological polar surface area (TPSA) is 20.3 Å². The first-order chi connectivity index (χ1) is 8.76. The molecule has 0 amide bonds. The largest absolute Gasteiger partial charge is 0.369 e. The molecular weight excluding hydrogens is 242 g/mol. The number of carbonyl (C=O) groups is 1. The molecule has 0 bridgehead atoms. The minimum absolute atomic E-state index is 0.247. The third-order valence-corrected chi connectivity index (χ3v) is 4.83. The van der Waals surface area contributed by atoms with Gasteiger partial charge in [-0.05, 0) is 18.6 Å². The fourth-order valence-electron chi connectivity index (χ4n) is 2.36. The molecule has 0 radical (unpaired) electrons. The van der Waals surface area contributed by atoms with Gasteiger partial charge in [0.25, 0.3) is 0 Å². The summed E-state index contributed by atoms with van der Waals surface area (Å²) in [7, 11) is 0. The number of anilines is 1. The summed E-state index contributed by atoms with van der Waals surface area (Å²) in [6.07, 6.45) is 1.78. The first-order valence-electron chi connectivity index (χ1n) is 6.75. The van der Waals surface area contributed by atoms with Gasteiger partial charge in [0, 0.05) is 41.8 Å². The van der Waals surface area contributed by atoms with E-state index in [0.717, 1.165) is 30.1 Å². The van der Waals surface area contributed by atoms with Crippen LogP contribution in [-0.2, 0) is 0 Å². The lowest BCUT2D eigenvalue weighted by Crippen LogP contribution is -2.38. The number of rotatable bonds is 4. The van der Waals surface area contributed by atoms with Crippen LogP contribution in [0.3, 0.4) is 0 Å². The molecule has 0 saturated carbocycles. The highest BCUT2D eigenvalue weighted by molar-refractivity contribution is 8.00. The van der Waals surface area contributed by atoms with Crippen molar-refractivity contribution in [1.82, 2.24) is 0 Å². The molecular formula is C15H21NOS. The zero-order valence-corrected chi connectivity index (χ0v) is 12.0. The molecule has 18 heavy (non-hydrogen) atoms. The molecule has 98 valence electrons. The van der Waals surface area contributed by atoms with Crippen molar-refractivity contribution in [3.05, 3.63) is 29.8 Å². The third kappa shape index (κ3) is 2.89. The fraction of sp³-hybridized carbons (Fsp3) is 0.533. The van der Waals surface area contributed by atoms with E-state index in [0.29, 0.717) is 11.7 Å². The highest BCUT2D eigenvalue weighted by Gasteiger charge is 2.22. The van der Waals surface area contributed by atoms with Crippen molar-refractivity contribution in [2.45, 2.75) is 31.9 Å². The zero-order chi connectivity index (χ0) is 13.0. The van der Waals surface area contributed by atoms with Crippen LogP contribution in [-0.4, -0.2) is 29.9 Å². The van der Waals surface area contributed by atoms with E-state index in [1.165, 1.54) is 6.42 Å². The SMILES string of the molecule is CCC(=O)c1ccccc1N1CCSC(CC)C1. The van der Waals surface area contributed by atoms with Crippen LogP contribution in [0.2, 0.25) is 0 Å². The predicted octanol–water partition coefficient (Wildman–Crippen LogP) is 3.61. The lowest BCUT2D eigenvalue weighted by atomic mass is 10.1. The molecule has 2 rings (SSSR count). The van der Waals surface area contributed by atoms with Gasteiger partial charge in [-0.2, -0.15) is 11.8 Å². The predicted molar refractivity (Wildman–Crippen MR) is 79.8 cm³/mol. The highest BCUT2D eigenvalue weighted by atomic mass is 32.2. The van der Waals surface area contributed by atoms with Crippen LogP contribution in [0.4, 0.5) is 5.69 Å². The molecule has 1 atom stereocenters. The van der Waals surface area contributed by atoms with Crippen molar-refractivity contribution < 1.29 is 4.79 Å². The van der Waals surface area contributed by atoms with Crippen molar-refractivity contribution in [2.24, 2.45) is 0 Å². The van der Waals surface area contributed by atoms with Gasteiger partial charge in [0.05, 0.1) is 0 Å². The second-order valence-corrected chi connectivity index (χ2v) is 6.05. The van der Waals surface area contributed by atoms with E-state index in [1.807, 2.05) is 25.1 Å². The van der Waals surface area contributed by atoms with Crippen LogP contribution in [0.25, 0.3) is 0 Å². The van der Waals surface area contributed by atoms with Crippen LogP contribution >= 0.6 is 11.8 Å². The molecule has 0 N–H and O–H groups in total. The Morgan fingerprint density at radius 1 is 1.39 bits per heavy atom. The average molecular weight is 263 g/mol. The van der Waals surface area contributed by atoms with E-state index in [-0.39, 0.29) is 5.78 Å². The van der Waals surface area contributed by atoms with Crippen LogP contribution in [0.15, 0.2) is 24.3 Å². The second kappa shape index (κ2) is 6.28. The summed E-state index contributed by atoms with van der Waals surface area (Å²) in [5.74, 6) is 1.41. The van der Waals surface area contributed by atoms with Gasteiger partial charge < -0.3 is 4.90 Å². The van der Waals surface area contributed by atoms with Gasteiger partial charge in [-0.25, -0.2) is 0 Å². The van der Waals surface area contributed by atoms with Crippen LogP contribution < -0.4 is 4.90 Å². The summed E-state index contributed by atoms with van der Waals surface area (Å²) >= 11 is 2.06. The van der Waals surface area contributed by atoms with Gasteiger partial charge in [0.15, 0.2) is 5.78 Å². The number of Topliss-reactive ketones (excluding diaryl/α,β-unsaturated/α-hetero) is 1. The first kappa shape index (κ1) is 13.5. The Kier molecular flexibility index (Phi) is 4.70. The summed E-state index contributed by atoms with van der Waals surface area (Å²) in [6, 6.07) is 8.04. The molecule has 1 aliphatic heterocycles. The summed E-state index contributed by atoms with van der Waals surface area (Å²) < 4.78 is 0. The van der Waals surface area contributed by atoms with Crippen LogP contribution in [0.5, 0.6) is 0 Å². The fourth-order valence-corrected chi connectivity index (χ4v) is 3.54. The van der Waals surface area contributed by atoms with E-state index in [2.05, 4.69) is 29.7 Å². The van der Waals surface area contributed by atoms with Gasteiger partial charge in [-0.3, -0.25) is 4.79 Å². The lowest BCUT2D eigenvalue weighted by molar-refractivity contribution is 0.0988. The molecule has 2 nitrogen and oxygen atoms in total. The van der Waals surface area contributed by atoms with Crippen molar-refractivity contribution in [1.29, 1.82) is 0 Å². The Labute approximate surface area is 114 Å². The lowest BCUT2D eigenvalue weighted by Gasteiger charge is -2.34. The molecule has 1 heterocycles. The molecule has 1 saturated heterocycles. The number of para-hydroxylation sites is 1. The number of carbonyl (C=O) groups excluding carboxylic acids is 1. The van der Waals surface area contributed by atoms with Crippen molar-refractivity contribution >= 4 is 23.2 Å². The Hall–Kier alpha value is -0.960. The standard InChI is InChI=1S/C15H21NOS/c1-3-12-11-16(9-10-18-12)14-8-6-5-7-13(14)15(17)4-2/h5-8,12H,3-4,9-11H2,1-2H3. The molecule has 0 spiro atoms. The summed E-state index contributed by atoms with van der Waals surface area (Å²) in [6.45, 7) is 6.29. The summed E-state index contributed by atoms with van der Waals surface area (Å²) in [5.41, 5.74) is 2.02. The number of nitrogens with zero attached hydrogens (tertiary/aromatic N) is 1. The maximum absolute atomic E-state index is 12.0. The Morgan fingerprint density at radius 3 is 2.89 bits per heavy atom. The van der Waals surface area contributed by atoms with E-state index < -0.39 is 0 Å². The van der Waals surface area contributed by atoms with Gasteiger partial charge >= 0.3 is 0 Å². The minimum Gasteiger partial charge on any atom is -0.369 e. The summed E-state index contributed by atoms with van der Waals surface area (Å²) in [5, 5.41) is 0.698. The Bertz CT molecular complexity index is 419. The highest BCUT2D eigenvalue weighted by Crippen LogP contribution is 2.28. The molecule has 1 unspecified atom stereocenters. The quantitative estimate of drug-likeness (QED) is 0.774.